The number of aryl methyl sites for hydroxylation is 1. The molecule has 4 heterocycles. The first-order valence-electron chi connectivity index (χ1n) is 10.9. The number of hydrogen-bond acceptors (Lipinski definition) is 12. The van der Waals surface area contributed by atoms with Gasteiger partial charge in [-0.1, -0.05) is 6.42 Å². The van der Waals surface area contributed by atoms with E-state index in [-0.39, 0.29) is 18.1 Å². The first kappa shape index (κ1) is 20.2. The molecule has 33 heavy (non-hydrogen) atoms. The molecule has 2 aliphatic carbocycles. The Hall–Kier alpha value is -3.39. The lowest BCUT2D eigenvalue weighted by Crippen LogP contribution is -2.32. The molecule has 0 amide bonds. The highest BCUT2D eigenvalue weighted by atomic mass is 16.6. The summed E-state index contributed by atoms with van der Waals surface area (Å²) in [4.78, 5) is 25.8. The van der Waals surface area contributed by atoms with Gasteiger partial charge in [-0.05, 0) is 36.3 Å². The lowest BCUT2D eigenvalue weighted by atomic mass is 9.95. The zero-order chi connectivity index (χ0) is 22.7. The quantitative estimate of drug-likeness (QED) is 0.413. The molecule has 7 atom stereocenters. The first-order chi connectivity index (χ1) is 16.0. The van der Waals surface area contributed by atoms with Crippen molar-refractivity contribution in [1.82, 2.24) is 39.7 Å². The van der Waals surface area contributed by atoms with Crippen molar-refractivity contribution < 1.29 is 19.4 Å². The molecule has 1 aliphatic heterocycles. The molecule has 3 aromatic rings. The number of tetrazole rings is 1. The van der Waals surface area contributed by atoms with Gasteiger partial charge in [0.15, 0.2) is 29.9 Å². The van der Waals surface area contributed by atoms with Gasteiger partial charge in [0.05, 0.1) is 13.4 Å². The van der Waals surface area contributed by atoms with Crippen LogP contribution in [0.25, 0.3) is 11.2 Å². The van der Waals surface area contributed by atoms with Crippen LogP contribution in [0.3, 0.4) is 0 Å². The summed E-state index contributed by atoms with van der Waals surface area (Å²) in [7, 11) is 1.60. The van der Waals surface area contributed by atoms with Crippen LogP contribution in [0, 0.1) is 11.8 Å². The predicted octanol–water partition coefficient (Wildman–Crippen LogP) is -0.295. The molecule has 174 valence electrons. The predicted molar refractivity (Wildman–Crippen MR) is 111 cm³/mol. The molecule has 6 rings (SSSR count). The normalized spacial score (nSPS) is 33.1. The number of anilines is 2. The van der Waals surface area contributed by atoms with Gasteiger partial charge in [0.2, 0.25) is 11.8 Å². The molecule has 4 unspecified atom stereocenters. The highest BCUT2D eigenvalue weighted by molar-refractivity contribution is 5.83. The minimum Gasteiger partial charge on any atom is -0.457 e. The SMILES string of the molecule is Cn1nnc(C2O[C@@H](n3cnc4c(N)nc(NC5CC6CCC5C6)nc43)[C@H](OC=O)[C@@H]2O)n1. The maximum Gasteiger partial charge on any atom is 0.293 e. The van der Waals surface area contributed by atoms with E-state index in [1.165, 1.54) is 30.4 Å². The van der Waals surface area contributed by atoms with Gasteiger partial charge in [-0.15, -0.1) is 10.2 Å². The number of fused-ring (bicyclic) bond motifs is 3. The van der Waals surface area contributed by atoms with E-state index in [0.29, 0.717) is 29.1 Å². The molecule has 3 aliphatic rings. The summed E-state index contributed by atoms with van der Waals surface area (Å²) in [6, 6.07) is 0.319. The average Bonchev–Trinajstić information content (AvgIpc) is 3.59. The fourth-order valence-electron chi connectivity index (χ4n) is 5.49. The van der Waals surface area contributed by atoms with Gasteiger partial charge in [0.1, 0.15) is 11.6 Å². The van der Waals surface area contributed by atoms with E-state index in [1.807, 2.05) is 0 Å². The van der Waals surface area contributed by atoms with Crippen molar-refractivity contribution in [2.45, 2.75) is 56.3 Å². The number of carbonyl (C=O) groups excluding carboxylic acids is 1. The number of nitrogens with zero attached hydrogens (tertiary/aromatic N) is 8. The van der Waals surface area contributed by atoms with Crippen LogP contribution in [0.5, 0.6) is 0 Å². The molecular weight excluding hydrogens is 432 g/mol. The molecule has 0 aromatic carbocycles. The summed E-state index contributed by atoms with van der Waals surface area (Å²) >= 11 is 0. The molecule has 2 saturated carbocycles. The van der Waals surface area contributed by atoms with E-state index in [4.69, 9.17) is 15.2 Å². The van der Waals surface area contributed by atoms with E-state index < -0.39 is 24.5 Å². The number of aliphatic hydroxyl groups excluding tert-OH is 1. The molecule has 2 bridgehead atoms. The Morgan fingerprint density at radius 2 is 2.21 bits per heavy atom. The summed E-state index contributed by atoms with van der Waals surface area (Å²) in [5.74, 6) is 2.20. The maximum atomic E-state index is 11.2. The number of aliphatic hydroxyl groups is 1. The highest BCUT2D eigenvalue weighted by Gasteiger charge is 2.49. The topological polar surface area (TPSA) is 181 Å². The third-order valence-corrected chi connectivity index (χ3v) is 6.98. The van der Waals surface area contributed by atoms with Crippen LogP contribution in [-0.4, -0.2) is 69.6 Å². The van der Waals surface area contributed by atoms with Gasteiger partial charge in [0, 0.05) is 6.04 Å². The van der Waals surface area contributed by atoms with Gasteiger partial charge in [-0.2, -0.15) is 14.8 Å². The Balaban J connectivity index is 1.34. The number of ether oxygens (including phenoxy) is 2. The zero-order valence-electron chi connectivity index (χ0n) is 17.9. The fraction of sp³-hybridized carbons (Fsp3) is 0.632. The van der Waals surface area contributed by atoms with Crippen LogP contribution in [-0.2, 0) is 21.3 Å². The van der Waals surface area contributed by atoms with E-state index in [2.05, 4.69) is 35.7 Å². The van der Waals surface area contributed by atoms with Crippen molar-refractivity contribution in [2.75, 3.05) is 11.1 Å². The molecule has 3 aromatic heterocycles. The van der Waals surface area contributed by atoms with Crippen LogP contribution in [0.4, 0.5) is 11.8 Å². The van der Waals surface area contributed by atoms with Crippen molar-refractivity contribution in [1.29, 1.82) is 0 Å². The number of hydrogen-bond donors (Lipinski definition) is 3. The Bertz CT molecular complexity index is 1200. The highest BCUT2D eigenvalue weighted by Crippen LogP contribution is 2.45. The lowest BCUT2D eigenvalue weighted by molar-refractivity contribution is -0.142. The third-order valence-electron chi connectivity index (χ3n) is 6.98. The van der Waals surface area contributed by atoms with Crippen LogP contribution >= 0.6 is 0 Å². The summed E-state index contributed by atoms with van der Waals surface area (Å²) in [5, 5.41) is 26.1. The smallest absolute Gasteiger partial charge is 0.293 e. The largest absolute Gasteiger partial charge is 0.457 e. The number of carbonyl (C=O) groups is 1. The summed E-state index contributed by atoms with van der Waals surface area (Å²) in [6.45, 7) is 0.265. The minimum atomic E-state index is -1.23. The Morgan fingerprint density at radius 1 is 1.33 bits per heavy atom. The summed E-state index contributed by atoms with van der Waals surface area (Å²) < 4.78 is 12.8. The number of nitrogens with two attached hydrogens (primary N) is 1. The maximum absolute atomic E-state index is 11.2. The number of aromatic nitrogens is 8. The van der Waals surface area contributed by atoms with Gasteiger partial charge in [-0.25, -0.2) is 4.98 Å². The van der Waals surface area contributed by atoms with Crippen molar-refractivity contribution in [3.63, 3.8) is 0 Å². The molecule has 0 radical (unpaired) electrons. The third kappa shape index (κ3) is 3.28. The fourth-order valence-corrected chi connectivity index (χ4v) is 5.49. The first-order valence-corrected chi connectivity index (χ1v) is 10.9. The van der Waals surface area contributed by atoms with Crippen LogP contribution < -0.4 is 11.1 Å². The summed E-state index contributed by atoms with van der Waals surface area (Å²) in [5.41, 5.74) is 6.97. The van der Waals surface area contributed by atoms with Gasteiger partial charge >= 0.3 is 0 Å². The molecule has 14 heteroatoms. The second-order valence-corrected chi connectivity index (χ2v) is 8.95. The van der Waals surface area contributed by atoms with E-state index in [0.717, 1.165) is 12.3 Å². The molecule has 1 saturated heterocycles. The number of rotatable bonds is 6. The zero-order valence-corrected chi connectivity index (χ0v) is 17.9. The van der Waals surface area contributed by atoms with E-state index in [1.54, 1.807) is 11.6 Å². The van der Waals surface area contributed by atoms with Gasteiger partial charge < -0.3 is 25.6 Å². The van der Waals surface area contributed by atoms with Crippen LogP contribution in [0.1, 0.15) is 43.8 Å². The molecule has 0 spiro atoms. The van der Waals surface area contributed by atoms with Crippen molar-refractivity contribution >= 4 is 29.4 Å². The Kier molecular flexibility index (Phi) is 4.65. The van der Waals surface area contributed by atoms with E-state index >= 15 is 0 Å². The minimum absolute atomic E-state index is 0.171. The molecule has 4 N–H and O–H groups in total. The van der Waals surface area contributed by atoms with Crippen molar-refractivity contribution in [3.8, 4) is 0 Å². The Labute approximate surface area is 187 Å². The molecule has 14 nitrogen and oxygen atoms in total. The standard InChI is InChI=1S/C19H24N10O4/c1-28-26-16(25-27-28)13-12(31)14(32-7-30)18(33-13)29-6-21-11-15(20)23-19(24-17(11)29)22-10-5-8-2-3-9(10)4-8/h6-10,12-14,18,31H,2-5H2,1H3,(H3,20,22,23,24)/t8?,9?,10?,12-,13?,14-,18-/m1/s1. The van der Waals surface area contributed by atoms with Crippen molar-refractivity contribution in [3.05, 3.63) is 12.2 Å². The second kappa shape index (κ2) is 7.59. The monoisotopic (exact) mass is 456 g/mol. The van der Waals surface area contributed by atoms with E-state index in [9.17, 15) is 9.90 Å². The second-order valence-electron chi connectivity index (χ2n) is 8.95. The lowest BCUT2D eigenvalue weighted by Gasteiger charge is -2.23. The van der Waals surface area contributed by atoms with Gasteiger partial charge in [-0.3, -0.25) is 9.36 Å². The van der Waals surface area contributed by atoms with Crippen molar-refractivity contribution in [2.24, 2.45) is 18.9 Å². The number of nitrogens with one attached hydrogen (secondary N) is 1. The van der Waals surface area contributed by atoms with Crippen LogP contribution in [0.2, 0.25) is 0 Å². The number of imidazole rings is 1. The van der Waals surface area contributed by atoms with Crippen LogP contribution in [0.15, 0.2) is 6.33 Å². The summed E-state index contributed by atoms with van der Waals surface area (Å²) in [6.07, 6.45) is 2.15. The van der Waals surface area contributed by atoms with Gasteiger partial charge in [0.25, 0.3) is 6.47 Å². The molecule has 3 fully saturated rings. The molecular formula is C19H24N10O4. The Morgan fingerprint density at radius 3 is 2.91 bits per heavy atom. The average molecular weight is 456 g/mol. The number of nitrogen functional groups attached to an aromatic ring is 1.